The van der Waals surface area contributed by atoms with Gasteiger partial charge >= 0.3 is 5.97 Å². The number of hydrogen-bond acceptors (Lipinski definition) is 2. The molecule has 0 saturated carbocycles. The number of hydrogen-bond donors (Lipinski definition) is 1. The monoisotopic (exact) mass is 370 g/mol. The van der Waals surface area contributed by atoms with E-state index in [0.29, 0.717) is 5.92 Å². The minimum atomic E-state index is -0.830. The molecule has 1 aromatic carbocycles. The molecule has 0 aliphatic heterocycles. The molecule has 0 amide bonds. The zero-order valence-electron chi connectivity index (χ0n) is 16.6. The Morgan fingerprint density at radius 2 is 1.74 bits per heavy atom. The molecule has 4 heteroatoms. The van der Waals surface area contributed by atoms with Crippen molar-refractivity contribution in [3.63, 3.8) is 0 Å². The van der Waals surface area contributed by atoms with Crippen LogP contribution in [0.2, 0.25) is 0 Å². The van der Waals surface area contributed by atoms with E-state index >= 15 is 0 Å². The van der Waals surface area contributed by atoms with Crippen LogP contribution in [-0.4, -0.2) is 20.6 Å². The van der Waals surface area contributed by atoms with E-state index < -0.39 is 5.97 Å². The van der Waals surface area contributed by atoms with Crippen molar-refractivity contribution < 1.29 is 9.90 Å². The molecule has 1 N–H and O–H groups in total. The zero-order valence-corrected chi connectivity index (χ0v) is 16.6. The van der Waals surface area contributed by atoms with E-state index in [4.69, 9.17) is 5.11 Å². The highest BCUT2D eigenvalue weighted by Crippen LogP contribution is 2.28. The lowest BCUT2D eigenvalue weighted by molar-refractivity contribution is -0.137. The highest BCUT2D eigenvalue weighted by molar-refractivity contribution is 5.66. The number of imidazole rings is 1. The summed E-state index contributed by atoms with van der Waals surface area (Å²) in [4.78, 5) is 15.1. The molecule has 0 aliphatic rings. The Balaban J connectivity index is 1.75. The first-order valence-electron chi connectivity index (χ1n) is 10.5. The standard InChI is InChI=1S/C23H34N2O2/c1-2-3-4-5-7-12-21(20-13-8-6-9-14-20)15-10-11-16-22-17-25(19-24-22)18-23(26)27/h6,8-9,13-14,17,19,21H,2-5,7,10-12,15-16,18H2,1H3,(H,26,27). The Morgan fingerprint density at radius 3 is 2.44 bits per heavy atom. The molecule has 0 aliphatic carbocycles. The summed E-state index contributed by atoms with van der Waals surface area (Å²) in [6.07, 6.45) is 15.8. The van der Waals surface area contributed by atoms with E-state index in [1.165, 1.54) is 56.9 Å². The predicted octanol–water partition coefficient (Wildman–Crippen LogP) is 5.82. The van der Waals surface area contributed by atoms with E-state index in [0.717, 1.165) is 18.5 Å². The lowest BCUT2D eigenvalue weighted by Gasteiger charge is -2.17. The van der Waals surface area contributed by atoms with Crippen molar-refractivity contribution >= 4 is 5.97 Å². The summed E-state index contributed by atoms with van der Waals surface area (Å²) in [7, 11) is 0. The van der Waals surface area contributed by atoms with Crippen LogP contribution in [0.4, 0.5) is 0 Å². The lowest BCUT2D eigenvalue weighted by atomic mass is 9.88. The first-order valence-corrected chi connectivity index (χ1v) is 10.5. The Labute approximate surface area is 163 Å². The van der Waals surface area contributed by atoms with Crippen molar-refractivity contribution in [2.45, 2.75) is 83.6 Å². The molecule has 0 radical (unpaired) electrons. The molecular formula is C23H34N2O2. The smallest absolute Gasteiger partial charge is 0.323 e. The number of benzene rings is 1. The van der Waals surface area contributed by atoms with E-state index in [1.807, 2.05) is 6.20 Å². The van der Waals surface area contributed by atoms with Crippen molar-refractivity contribution in [3.05, 3.63) is 54.1 Å². The SMILES string of the molecule is CCCCCCCC(CCCCc1cn(CC(=O)O)cn1)c1ccccc1. The van der Waals surface area contributed by atoms with Gasteiger partial charge in [-0.25, -0.2) is 4.98 Å². The van der Waals surface area contributed by atoms with E-state index in [2.05, 4.69) is 42.2 Å². The molecule has 0 bridgehead atoms. The lowest BCUT2D eigenvalue weighted by Crippen LogP contribution is -2.06. The third-order valence-corrected chi connectivity index (χ3v) is 5.17. The first-order chi connectivity index (χ1) is 13.2. The highest BCUT2D eigenvalue weighted by Gasteiger charge is 2.11. The molecular weight excluding hydrogens is 336 g/mol. The Morgan fingerprint density at radius 1 is 1.04 bits per heavy atom. The van der Waals surface area contributed by atoms with E-state index in [1.54, 1.807) is 10.9 Å². The van der Waals surface area contributed by atoms with Crippen LogP contribution in [0, 0.1) is 0 Å². The zero-order chi connectivity index (χ0) is 19.3. The van der Waals surface area contributed by atoms with Crippen molar-refractivity contribution in [2.75, 3.05) is 0 Å². The van der Waals surface area contributed by atoms with Crippen LogP contribution in [0.3, 0.4) is 0 Å². The summed E-state index contributed by atoms with van der Waals surface area (Å²) < 4.78 is 1.64. The third kappa shape index (κ3) is 8.42. The van der Waals surface area contributed by atoms with Gasteiger partial charge in [-0.2, -0.15) is 0 Å². The largest absolute Gasteiger partial charge is 0.480 e. The van der Waals surface area contributed by atoms with Crippen LogP contribution in [0.5, 0.6) is 0 Å². The van der Waals surface area contributed by atoms with Crippen LogP contribution in [-0.2, 0) is 17.8 Å². The summed E-state index contributed by atoms with van der Waals surface area (Å²) >= 11 is 0. The summed E-state index contributed by atoms with van der Waals surface area (Å²) in [5, 5.41) is 8.83. The number of aromatic nitrogens is 2. The van der Waals surface area contributed by atoms with Gasteiger partial charge in [-0.05, 0) is 37.2 Å². The number of carboxylic acids is 1. The quantitative estimate of drug-likeness (QED) is 0.426. The number of nitrogens with zero attached hydrogens (tertiary/aromatic N) is 2. The Kier molecular flexibility index (Phi) is 9.67. The number of aliphatic carboxylic acids is 1. The van der Waals surface area contributed by atoms with Gasteiger partial charge in [0.15, 0.2) is 0 Å². The van der Waals surface area contributed by atoms with Crippen molar-refractivity contribution in [2.24, 2.45) is 0 Å². The fourth-order valence-electron chi connectivity index (χ4n) is 3.67. The summed E-state index contributed by atoms with van der Waals surface area (Å²) in [5.41, 5.74) is 2.46. The molecule has 4 nitrogen and oxygen atoms in total. The number of aryl methyl sites for hydroxylation is 1. The van der Waals surface area contributed by atoms with Crippen molar-refractivity contribution in [3.8, 4) is 0 Å². The molecule has 1 heterocycles. The van der Waals surface area contributed by atoms with Crippen LogP contribution < -0.4 is 0 Å². The van der Waals surface area contributed by atoms with Crippen LogP contribution >= 0.6 is 0 Å². The Hall–Kier alpha value is -2.10. The van der Waals surface area contributed by atoms with Crippen LogP contribution in [0.1, 0.15) is 81.9 Å². The molecule has 1 unspecified atom stereocenters. The second kappa shape index (κ2) is 12.3. The topological polar surface area (TPSA) is 55.1 Å². The average Bonchev–Trinajstić information content (AvgIpc) is 3.10. The Bertz CT molecular complexity index is 651. The fraction of sp³-hybridized carbons (Fsp3) is 0.565. The molecule has 148 valence electrons. The second-order valence-corrected chi connectivity index (χ2v) is 7.49. The van der Waals surface area contributed by atoms with Crippen molar-refractivity contribution in [1.29, 1.82) is 0 Å². The molecule has 2 rings (SSSR count). The molecule has 0 fully saturated rings. The predicted molar refractivity (Wildman–Crippen MR) is 110 cm³/mol. The third-order valence-electron chi connectivity index (χ3n) is 5.17. The minimum absolute atomic E-state index is 0.0128. The molecule has 0 spiro atoms. The number of carbonyl (C=O) groups is 1. The van der Waals surface area contributed by atoms with Gasteiger partial charge in [-0.3, -0.25) is 4.79 Å². The average molecular weight is 371 g/mol. The second-order valence-electron chi connectivity index (χ2n) is 7.49. The maximum Gasteiger partial charge on any atom is 0.323 e. The minimum Gasteiger partial charge on any atom is -0.480 e. The van der Waals surface area contributed by atoms with Gasteiger partial charge in [0.25, 0.3) is 0 Å². The fourth-order valence-corrected chi connectivity index (χ4v) is 3.67. The van der Waals surface area contributed by atoms with Gasteiger partial charge in [0.1, 0.15) is 6.54 Å². The molecule has 0 saturated heterocycles. The van der Waals surface area contributed by atoms with Gasteiger partial charge in [0, 0.05) is 6.20 Å². The van der Waals surface area contributed by atoms with Crippen LogP contribution in [0.15, 0.2) is 42.9 Å². The summed E-state index contributed by atoms with van der Waals surface area (Å²) in [6.45, 7) is 2.25. The molecule has 2 aromatic rings. The van der Waals surface area contributed by atoms with Gasteiger partial charge in [-0.1, -0.05) is 75.8 Å². The highest BCUT2D eigenvalue weighted by atomic mass is 16.4. The molecule has 27 heavy (non-hydrogen) atoms. The van der Waals surface area contributed by atoms with Gasteiger partial charge in [0.2, 0.25) is 0 Å². The first kappa shape index (κ1) is 21.2. The normalized spacial score (nSPS) is 12.2. The summed E-state index contributed by atoms with van der Waals surface area (Å²) in [5.74, 6) is -0.180. The van der Waals surface area contributed by atoms with E-state index in [-0.39, 0.29) is 6.54 Å². The summed E-state index contributed by atoms with van der Waals surface area (Å²) in [6, 6.07) is 10.9. The van der Waals surface area contributed by atoms with Crippen LogP contribution in [0.25, 0.3) is 0 Å². The van der Waals surface area contributed by atoms with Gasteiger partial charge in [0.05, 0.1) is 12.0 Å². The van der Waals surface area contributed by atoms with Crippen molar-refractivity contribution in [1.82, 2.24) is 9.55 Å². The maximum absolute atomic E-state index is 10.7. The number of carboxylic acid groups (broad SMARTS) is 1. The van der Waals surface area contributed by atoms with Gasteiger partial charge in [-0.15, -0.1) is 0 Å². The molecule has 1 aromatic heterocycles. The number of rotatable bonds is 14. The number of unbranched alkanes of at least 4 members (excludes halogenated alkanes) is 5. The maximum atomic E-state index is 10.7. The van der Waals surface area contributed by atoms with E-state index in [9.17, 15) is 4.79 Å². The molecule has 1 atom stereocenters. The van der Waals surface area contributed by atoms with Gasteiger partial charge < -0.3 is 9.67 Å².